The molecule has 0 N–H and O–H groups in total. The number of hydrogen-bond donors (Lipinski definition) is 0. The van der Waals surface area contributed by atoms with Crippen LogP contribution in [0.1, 0.15) is 47.1 Å². The molecule has 0 bridgehead atoms. The third-order valence-corrected chi connectivity index (χ3v) is 19.5. The molecule has 0 fully saturated rings. The first kappa shape index (κ1) is 52.9. The van der Waals surface area contributed by atoms with E-state index in [9.17, 15) is 0 Å². The largest absolute Gasteiger partial charge is 1.00 e. The molecule has 0 spiro atoms. The van der Waals surface area contributed by atoms with Crippen LogP contribution in [0.25, 0.3) is 5.32 Å². The smallest absolute Gasteiger partial charge is 0.655 e. The quantitative estimate of drug-likeness (QED) is 0.0834. The molecular formula is C59H68CuNOP3+3. The van der Waals surface area contributed by atoms with Crippen molar-refractivity contribution in [1.82, 2.24) is 0 Å². The van der Waals surface area contributed by atoms with Gasteiger partial charge < -0.3 is 10.1 Å². The Morgan fingerprint density at radius 1 is 0.400 bits per heavy atom. The minimum Gasteiger partial charge on any atom is -0.655 e. The Hall–Kier alpha value is -4.67. The molecule has 0 aliphatic heterocycles. The topological polar surface area (TPSA) is 23.3 Å². The molecule has 0 radical (unpaired) electrons. The number of hydrogen-bond acceptors (Lipinski definition) is 1. The molecule has 6 heteroatoms. The van der Waals surface area contributed by atoms with Gasteiger partial charge in [0.1, 0.15) is 31.8 Å². The maximum absolute atomic E-state index is 4.91. The minimum atomic E-state index is -0.877. The molecular weight excluding hydrogens is 895 g/mol. The van der Waals surface area contributed by atoms with E-state index in [4.69, 9.17) is 10.1 Å². The van der Waals surface area contributed by atoms with Crippen molar-refractivity contribution in [2.75, 3.05) is 13.2 Å². The maximum atomic E-state index is 4.91. The maximum Gasteiger partial charge on any atom is 1.00 e. The van der Waals surface area contributed by atoms with Crippen molar-refractivity contribution in [3.63, 3.8) is 0 Å². The van der Waals surface area contributed by atoms with Gasteiger partial charge >= 0.3 is 17.1 Å². The van der Waals surface area contributed by atoms with Crippen molar-refractivity contribution in [2.24, 2.45) is 0 Å². The molecule has 8 rings (SSSR count). The van der Waals surface area contributed by atoms with Crippen LogP contribution < -0.4 is 37.1 Å². The Morgan fingerprint density at radius 3 is 0.923 bits per heavy atom. The molecule has 0 amide bonds. The summed E-state index contributed by atoms with van der Waals surface area (Å²) in [6.07, 6.45) is 0. The number of benzene rings is 8. The van der Waals surface area contributed by atoms with Gasteiger partial charge in [0.25, 0.3) is 0 Å². The van der Waals surface area contributed by atoms with Gasteiger partial charge in [-0.25, -0.2) is 0 Å². The van der Waals surface area contributed by atoms with E-state index in [0.29, 0.717) is 11.3 Å². The first-order valence-electron chi connectivity index (χ1n) is 22.7. The number of rotatable bonds is 13. The molecule has 0 atom stereocenters. The van der Waals surface area contributed by atoms with Gasteiger partial charge in [0.15, 0.2) is 0 Å². The summed E-state index contributed by atoms with van der Waals surface area (Å²) in [7, 11) is -2.37. The van der Waals surface area contributed by atoms with Crippen molar-refractivity contribution in [2.45, 2.75) is 59.8 Å². The van der Waals surface area contributed by atoms with E-state index < -0.39 is 23.8 Å². The summed E-state index contributed by atoms with van der Waals surface area (Å²) in [5, 5.41) is 15.0. The van der Waals surface area contributed by atoms with E-state index in [0.717, 1.165) is 24.6 Å². The molecule has 0 saturated heterocycles. The SMILES string of the molecule is CCOCC.Cc1ccc([PH+](C(C)C)C(C)C)c([N-]c2ccccc2)c1.[Cu+].c1ccc([PH+](c2ccccc2)c2ccccc2)cc1.c1ccc([PH+](c2ccccc2)c2ccccc2)cc1. The fraction of sp³-hybridized carbons (Fsp3) is 0.186. The standard InChI is InChI=1S/C19H25NP.2C18H15P.C4H10O.Cu/c1-14(2)21(15(3)4)19-12-11-16(5)13-18(19)20-17-9-7-6-8-10-17;2*1-4-10-16(11-5-1)19(17-12-6-2-7-13-17)18-14-8-3-9-15-18;1-3-5-4-2;/h6-15H,1-5H3;2*1-15H;3-4H2,1-2H3;/q-1;;;;+1/p+3. The van der Waals surface area contributed by atoms with Gasteiger partial charge in [-0.3, -0.25) is 0 Å². The predicted molar refractivity (Wildman–Crippen MR) is 294 cm³/mol. The second-order valence-corrected chi connectivity index (χ2v) is 24.7. The monoisotopic (exact) mass is 962 g/mol. The second kappa shape index (κ2) is 29.8. The van der Waals surface area contributed by atoms with E-state index in [1.54, 1.807) is 0 Å². The van der Waals surface area contributed by atoms with Crippen LogP contribution in [0.3, 0.4) is 0 Å². The fourth-order valence-electron chi connectivity index (χ4n) is 7.74. The first-order valence-corrected chi connectivity index (χ1v) is 27.3. The fourth-order valence-corrected chi connectivity index (χ4v) is 16.2. The first-order chi connectivity index (χ1) is 31.3. The van der Waals surface area contributed by atoms with Gasteiger partial charge in [-0.2, -0.15) is 0 Å². The zero-order valence-electron chi connectivity index (χ0n) is 39.2. The van der Waals surface area contributed by atoms with E-state index in [2.05, 4.69) is 247 Å². The Bertz CT molecular complexity index is 2110. The van der Waals surface area contributed by atoms with Crippen molar-refractivity contribution < 1.29 is 21.8 Å². The van der Waals surface area contributed by atoms with Crippen LogP contribution >= 0.6 is 23.8 Å². The molecule has 65 heavy (non-hydrogen) atoms. The number of nitrogens with zero attached hydrogens (tertiary/aromatic N) is 1. The summed E-state index contributed by atoms with van der Waals surface area (Å²) in [4.78, 5) is 0. The van der Waals surface area contributed by atoms with Gasteiger partial charge in [0, 0.05) is 21.1 Å². The van der Waals surface area contributed by atoms with Crippen molar-refractivity contribution in [3.8, 4) is 0 Å². The Kier molecular flexibility index (Phi) is 24.3. The molecule has 0 heterocycles. The Labute approximate surface area is 406 Å². The van der Waals surface area contributed by atoms with E-state index >= 15 is 0 Å². The molecule has 0 aliphatic carbocycles. The summed E-state index contributed by atoms with van der Waals surface area (Å²) < 4.78 is 4.83. The molecule has 338 valence electrons. The summed E-state index contributed by atoms with van der Waals surface area (Å²) >= 11 is 0. The minimum absolute atomic E-state index is 0. The Morgan fingerprint density at radius 2 is 0.677 bits per heavy atom. The number of ether oxygens (including phenoxy) is 1. The normalized spacial score (nSPS) is 10.5. The zero-order chi connectivity index (χ0) is 45.4. The van der Waals surface area contributed by atoms with Crippen LogP contribution in [0, 0.1) is 6.92 Å². The molecule has 8 aromatic rings. The van der Waals surface area contributed by atoms with Crippen molar-refractivity contribution >= 4 is 72.3 Å². The molecule has 0 aliphatic rings. The second-order valence-electron chi connectivity index (χ2n) is 16.0. The van der Waals surface area contributed by atoms with Crippen LogP contribution in [0.5, 0.6) is 0 Å². The van der Waals surface area contributed by atoms with Gasteiger partial charge in [-0.1, -0.05) is 163 Å². The van der Waals surface area contributed by atoms with Gasteiger partial charge in [-0.05, 0) is 127 Å². The van der Waals surface area contributed by atoms with Crippen LogP contribution in [0.4, 0.5) is 11.4 Å². The number of aryl methyl sites for hydroxylation is 1. The van der Waals surface area contributed by atoms with Crippen LogP contribution in [-0.2, 0) is 21.8 Å². The third-order valence-electron chi connectivity index (χ3n) is 10.5. The average Bonchev–Trinajstić information content (AvgIpc) is 3.33. The summed E-state index contributed by atoms with van der Waals surface area (Å²) in [5.74, 6) is 0. The van der Waals surface area contributed by atoms with E-state index in [1.165, 1.54) is 42.7 Å². The van der Waals surface area contributed by atoms with Gasteiger partial charge in [0.2, 0.25) is 0 Å². The molecule has 8 aromatic carbocycles. The molecule has 0 aromatic heterocycles. The molecule has 0 saturated carbocycles. The average molecular weight is 964 g/mol. The van der Waals surface area contributed by atoms with Gasteiger partial charge in [0.05, 0.1) is 32.5 Å². The third kappa shape index (κ3) is 17.2. The number of para-hydroxylation sites is 1. The zero-order valence-corrected chi connectivity index (χ0v) is 43.1. The van der Waals surface area contributed by atoms with Crippen LogP contribution in [-0.4, -0.2) is 24.5 Å². The summed E-state index contributed by atoms with van der Waals surface area (Å²) in [6.45, 7) is 17.2. The van der Waals surface area contributed by atoms with Crippen molar-refractivity contribution in [1.29, 1.82) is 0 Å². The summed E-state index contributed by atoms with van der Waals surface area (Å²) in [6, 6.07) is 82.0. The van der Waals surface area contributed by atoms with Crippen molar-refractivity contribution in [3.05, 3.63) is 241 Å². The van der Waals surface area contributed by atoms with E-state index in [1.807, 2.05) is 32.0 Å². The van der Waals surface area contributed by atoms with Gasteiger partial charge in [-0.15, -0.1) is 5.69 Å². The van der Waals surface area contributed by atoms with E-state index in [-0.39, 0.29) is 17.1 Å². The van der Waals surface area contributed by atoms with Crippen LogP contribution in [0.2, 0.25) is 0 Å². The predicted octanol–water partition coefficient (Wildman–Crippen LogP) is 13.4. The Balaban J connectivity index is 0.000000201. The van der Waals surface area contributed by atoms with Crippen LogP contribution in [0.15, 0.2) is 231 Å². The molecule has 2 nitrogen and oxygen atoms in total. The molecule has 0 unspecified atom stereocenters. The summed E-state index contributed by atoms with van der Waals surface area (Å²) in [5.41, 5.74) is 4.91.